The molecule has 1 aliphatic heterocycles. The fourth-order valence-corrected chi connectivity index (χ4v) is 3.88. The Kier molecular flexibility index (Phi) is 4.58. The van der Waals surface area contributed by atoms with Gasteiger partial charge in [-0.25, -0.2) is 9.18 Å². The number of aryl methyl sites for hydroxylation is 1. The summed E-state index contributed by atoms with van der Waals surface area (Å²) in [6.07, 6.45) is 1.61. The Morgan fingerprint density at radius 1 is 1.11 bits per heavy atom. The molecule has 2 N–H and O–H groups in total. The van der Waals surface area contributed by atoms with Gasteiger partial charge < -0.3 is 10.6 Å². The van der Waals surface area contributed by atoms with Gasteiger partial charge in [-0.1, -0.05) is 42.5 Å². The molecule has 0 aromatic heterocycles. The predicted molar refractivity (Wildman–Crippen MR) is 99.7 cm³/mol. The monoisotopic (exact) mass is 381 g/mol. The summed E-state index contributed by atoms with van der Waals surface area (Å²) in [6.45, 7) is -0.393. The summed E-state index contributed by atoms with van der Waals surface area (Å²) in [6, 6.07) is 13.4. The lowest BCUT2D eigenvalue weighted by molar-refractivity contribution is -0.135. The molecule has 4 rings (SSSR count). The number of hydrogen-bond donors (Lipinski definition) is 2. The number of benzene rings is 2. The van der Waals surface area contributed by atoms with Crippen LogP contribution in [0.3, 0.4) is 0 Å². The van der Waals surface area contributed by atoms with E-state index in [4.69, 9.17) is 0 Å². The van der Waals surface area contributed by atoms with Crippen LogP contribution in [-0.2, 0) is 29.0 Å². The number of amides is 4. The van der Waals surface area contributed by atoms with Crippen LogP contribution < -0.4 is 10.6 Å². The van der Waals surface area contributed by atoms with E-state index in [9.17, 15) is 18.8 Å². The van der Waals surface area contributed by atoms with E-state index in [1.165, 1.54) is 11.6 Å². The van der Waals surface area contributed by atoms with Gasteiger partial charge >= 0.3 is 6.03 Å². The van der Waals surface area contributed by atoms with Crippen LogP contribution in [-0.4, -0.2) is 34.8 Å². The number of hydrogen-bond acceptors (Lipinski definition) is 3. The fourth-order valence-electron chi connectivity index (χ4n) is 3.88. The van der Waals surface area contributed by atoms with E-state index in [0.717, 1.165) is 10.5 Å². The maximum absolute atomic E-state index is 13.6. The first-order chi connectivity index (χ1) is 13.5. The van der Waals surface area contributed by atoms with Crippen LogP contribution in [0, 0.1) is 5.82 Å². The van der Waals surface area contributed by atoms with Crippen LogP contribution in [0.5, 0.6) is 0 Å². The average molecular weight is 381 g/mol. The van der Waals surface area contributed by atoms with Crippen LogP contribution in [0.15, 0.2) is 48.5 Å². The van der Waals surface area contributed by atoms with Gasteiger partial charge in [-0.2, -0.15) is 0 Å². The minimum Gasteiger partial charge on any atom is -0.350 e. The van der Waals surface area contributed by atoms with Crippen LogP contribution in [0.25, 0.3) is 0 Å². The second kappa shape index (κ2) is 7.07. The Morgan fingerprint density at radius 3 is 2.61 bits per heavy atom. The van der Waals surface area contributed by atoms with Crippen molar-refractivity contribution in [2.75, 3.05) is 6.54 Å². The smallest absolute Gasteiger partial charge is 0.325 e. The van der Waals surface area contributed by atoms with Crippen molar-refractivity contribution >= 4 is 17.8 Å². The Balaban J connectivity index is 1.42. The molecule has 0 radical (unpaired) electrons. The minimum atomic E-state index is -0.989. The number of imide groups is 1. The Morgan fingerprint density at radius 2 is 1.82 bits per heavy atom. The highest BCUT2D eigenvalue weighted by Crippen LogP contribution is 2.33. The summed E-state index contributed by atoms with van der Waals surface area (Å²) in [7, 11) is 0. The third kappa shape index (κ3) is 3.24. The van der Waals surface area contributed by atoms with Gasteiger partial charge in [0.05, 0.1) is 0 Å². The van der Waals surface area contributed by atoms with Crippen molar-refractivity contribution in [3.8, 4) is 0 Å². The number of carbonyl (C=O) groups is 3. The molecule has 1 atom stereocenters. The summed E-state index contributed by atoms with van der Waals surface area (Å²) in [5.41, 5.74) is 1.56. The van der Waals surface area contributed by atoms with Gasteiger partial charge in [-0.3, -0.25) is 14.5 Å². The number of fused-ring (bicyclic) bond motifs is 1. The SMILES string of the molecule is O=C(CN1C(=O)NC2(CCc3ccccc3C2)C1=O)NCc1ccccc1F. The molecule has 28 heavy (non-hydrogen) atoms. The van der Waals surface area contributed by atoms with Crippen molar-refractivity contribution in [2.24, 2.45) is 0 Å². The van der Waals surface area contributed by atoms with Gasteiger partial charge in [-0.05, 0) is 30.0 Å². The van der Waals surface area contributed by atoms with Crippen molar-refractivity contribution in [1.82, 2.24) is 15.5 Å². The molecule has 4 amide bonds. The molecule has 2 aromatic rings. The van der Waals surface area contributed by atoms with E-state index in [-0.39, 0.29) is 19.0 Å². The van der Waals surface area contributed by atoms with E-state index >= 15 is 0 Å². The number of carbonyl (C=O) groups excluding carboxylic acids is 3. The summed E-state index contributed by atoms with van der Waals surface area (Å²) in [5, 5.41) is 5.36. The molecule has 144 valence electrons. The summed E-state index contributed by atoms with van der Waals surface area (Å²) < 4.78 is 13.6. The number of halogens is 1. The quantitative estimate of drug-likeness (QED) is 0.795. The van der Waals surface area contributed by atoms with E-state index in [0.29, 0.717) is 24.8 Å². The first-order valence-corrected chi connectivity index (χ1v) is 9.19. The van der Waals surface area contributed by atoms with Crippen molar-refractivity contribution < 1.29 is 18.8 Å². The molecule has 1 saturated heterocycles. The van der Waals surface area contributed by atoms with Gasteiger partial charge in [0.1, 0.15) is 17.9 Å². The molecular weight excluding hydrogens is 361 g/mol. The van der Waals surface area contributed by atoms with Crippen LogP contribution in [0.1, 0.15) is 23.1 Å². The third-order valence-corrected chi connectivity index (χ3v) is 5.41. The van der Waals surface area contributed by atoms with Crippen LogP contribution in [0.2, 0.25) is 0 Å². The maximum atomic E-state index is 13.6. The zero-order valence-corrected chi connectivity index (χ0v) is 15.2. The Labute approximate surface area is 161 Å². The fraction of sp³-hybridized carbons (Fsp3) is 0.286. The van der Waals surface area contributed by atoms with Crippen molar-refractivity contribution in [3.63, 3.8) is 0 Å². The summed E-state index contributed by atoms with van der Waals surface area (Å²) in [5.74, 6) is -1.31. The predicted octanol–water partition coefficient (Wildman–Crippen LogP) is 1.92. The molecule has 1 fully saturated rings. The second-order valence-corrected chi connectivity index (χ2v) is 7.22. The van der Waals surface area contributed by atoms with Gasteiger partial charge in [0.15, 0.2) is 0 Å². The molecule has 1 spiro atoms. The van der Waals surface area contributed by atoms with E-state index in [2.05, 4.69) is 10.6 Å². The molecule has 1 heterocycles. The molecule has 2 aliphatic rings. The zero-order chi connectivity index (χ0) is 19.7. The van der Waals surface area contributed by atoms with Crippen molar-refractivity contribution in [3.05, 3.63) is 71.0 Å². The Hall–Kier alpha value is -3.22. The number of nitrogens with zero attached hydrogens (tertiary/aromatic N) is 1. The normalized spacial score (nSPS) is 20.8. The third-order valence-electron chi connectivity index (χ3n) is 5.41. The molecule has 1 aliphatic carbocycles. The first kappa shape index (κ1) is 18.2. The lowest BCUT2D eigenvalue weighted by Gasteiger charge is -2.32. The highest BCUT2D eigenvalue weighted by atomic mass is 19.1. The van der Waals surface area contributed by atoms with E-state index in [1.54, 1.807) is 18.2 Å². The highest BCUT2D eigenvalue weighted by Gasteiger charge is 2.52. The van der Waals surface area contributed by atoms with Gasteiger partial charge in [0.2, 0.25) is 5.91 Å². The number of urea groups is 1. The standard InChI is InChI=1S/C21H20FN3O3/c22-17-8-4-3-7-16(17)12-23-18(26)13-25-19(27)21(24-20(25)28)10-9-14-5-1-2-6-15(14)11-21/h1-8H,9-13H2,(H,23,26)(H,24,28). The lowest BCUT2D eigenvalue weighted by Crippen LogP contribution is -2.51. The van der Waals surface area contributed by atoms with Gasteiger partial charge in [-0.15, -0.1) is 0 Å². The zero-order valence-electron chi connectivity index (χ0n) is 15.2. The summed E-state index contributed by atoms with van der Waals surface area (Å²) >= 11 is 0. The summed E-state index contributed by atoms with van der Waals surface area (Å²) in [4.78, 5) is 38.5. The molecule has 1 unspecified atom stereocenters. The van der Waals surface area contributed by atoms with Crippen LogP contribution >= 0.6 is 0 Å². The number of nitrogens with one attached hydrogen (secondary N) is 2. The number of rotatable bonds is 4. The van der Waals surface area contributed by atoms with E-state index < -0.39 is 23.3 Å². The van der Waals surface area contributed by atoms with Gasteiger partial charge in [0.25, 0.3) is 5.91 Å². The molecule has 6 nitrogen and oxygen atoms in total. The molecule has 0 bridgehead atoms. The molecule has 7 heteroatoms. The molecule has 2 aromatic carbocycles. The molecule has 0 saturated carbocycles. The van der Waals surface area contributed by atoms with Crippen molar-refractivity contribution in [1.29, 1.82) is 0 Å². The topological polar surface area (TPSA) is 78.5 Å². The van der Waals surface area contributed by atoms with E-state index in [1.807, 2.05) is 24.3 Å². The highest BCUT2D eigenvalue weighted by molar-refractivity contribution is 6.09. The van der Waals surface area contributed by atoms with Gasteiger partial charge in [0, 0.05) is 18.5 Å². The average Bonchev–Trinajstić information content (AvgIpc) is 2.91. The minimum absolute atomic E-state index is 0.00628. The van der Waals surface area contributed by atoms with Crippen LogP contribution in [0.4, 0.5) is 9.18 Å². The first-order valence-electron chi connectivity index (χ1n) is 9.19. The Bertz CT molecular complexity index is 961. The second-order valence-electron chi connectivity index (χ2n) is 7.22. The van der Waals surface area contributed by atoms with Crippen molar-refractivity contribution in [2.45, 2.75) is 31.3 Å². The lowest BCUT2D eigenvalue weighted by atomic mass is 9.78. The maximum Gasteiger partial charge on any atom is 0.325 e. The molecular formula is C21H20FN3O3. The largest absolute Gasteiger partial charge is 0.350 e.